The van der Waals surface area contributed by atoms with Gasteiger partial charge in [-0.15, -0.1) is 5.10 Å². The van der Waals surface area contributed by atoms with Crippen molar-refractivity contribution in [1.82, 2.24) is 15.4 Å². The summed E-state index contributed by atoms with van der Waals surface area (Å²) in [5, 5.41) is 18.8. The van der Waals surface area contributed by atoms with Crippen LogP contribution in [0.25, 0.3) is 22.4 Å². The average molecular weight is 362 g/mol. The van der Waals surface area contributed by atoms with Gasteiger partial charge in [-0.25, -0.2) is 9.49 Å². The summed E-state index contributed by atoms with van der Waals surface area (Å²) >= 11 is 0. The first kappa shape index (κ1) is 17.4. The number of ether oxygens (including phenoxy) is 1. The quantitative estimate of drug-likeness (QED) is 0.710. The van der Waals surface area contributed by atoms with Crippen LogP contribution >= 0.6 is 0 Å². The van der Waals surface area contributed by atoms with Gasteiger partial charge in [0.05, 0.1) is 12.7 Å². The molecule has 5 nitrogen and oxygen atoms in total. The number of alkyl halides is 3. The fourth-order valence-electron chi connectivity index (χ4n) is 2.45. The third-order valence-corrected chi connectivity index (χ3v) is 3.63. The van der Waals surface area contributed by atoms with Crippen molar-refractivity contribution in [2.75, 3.05) is 7.11 Å². The smallest absolute Gasteiger partial charge is 0.416 e. The molecule has 1 N–H and O–H groups in total. The van der Waals surface area contributed by atoms with Crippen LogP contribution in [0.5, 0.6) is 5.75 Å². The minimum atomic E-state index is -4.68. The van der Waals surface area contributed by atoms with Crippen molar-refractivity contribution >= 4 is 0 Å². The normalized spacial score (nSPS) is 11.2. The third kappa shape index (κ3) is 3.35. The Bertz CT molecular complexity index is 1000. The van der Waals surface area contributed by atoms with Gasteiger partial charge in [0, 0.05) is 5.56 Å². The van der Waals surface area contributed by atoms with Crippen molar-refractivity contribution in [1.29, 1.82) is 5.26 Å². The van der Waals surface area contributed by atoms with Crippen LogP contribution in [-0.2, 0) is 6.18 Å². The predicted molar refractivity (Wildman–Crippen MR) is 83.5 cm³/mol. The van der Waals surface area contributed by atoms with Crippen LogP contribution in [0.1, 0.15) is 11.3 Å². The molecule has 0 saturated heterocycles. The summed E-state index contributed by atoms with van der Waals surface area (Å²) < 4.78 is 57.8. The Kier molecular flexibility index (Phi) is 4.34. The zero-order valence-corrected chi connectivity index (χ0v) is 13.2. The van der Waals surface area contributed by atoms with Crippen molar-refractivity contribution in [3.63, 3.8) is 0 Å². The topological polar surface area (TPSA) is 74.6 Å². The molecule has 0 radical (unpaired) electrons. The van der Waals surface area contributed by atoms with E-state index in [4.69, 9.17) is 10.00 Å². The molecule has 0 aliphatic carbocycles. The van der Waals surface area contributed by atoms with E-state index in [-0.39, 0.29) is 22.5 Å². The second kappa shape index (κ2) is 6.48. The molecule has 0 amide bonds. The number of aromatic amines is 1. The Balaban J connectivity index is 2.19. The number of hydrogen-bond donors (Lipinski definition) is 1. The van der Waals surface area contributed by atoms with Gasteiger partial charge in [-0.2, -0.15) is 18.4 Å². The molecule has 3 rings (SSSR count). The molecular formula is C17H10F4N4O. The maximum Gasteiger partial charge on any atom is 0.416 e. The number of rotatable bonds is 3. The summed E-state index contributed by atoms with van der Waals surface area (Å²) in [7, 11) is 1.38. The van der Waals surface area contributed by atoms with E-state index in [9.17, 15) is 17.6 Å². The van der Waals surface area contributed by atoms with Gasteiger partial charge >= 0.3 is 6.18 Å². The molecule has 0 spiro atoms. The molecule has 1 aromatic heterocycles. The van der Waals surface area contributed by atoms with Crippen LogP contribution in [0.15, 0.2) is 36.4 Å². The summed E-state index contributed by atoms with van der Waals surface area (Å²) in [6.07, 6.45) is -4.68. The zero-order chi connectivity index (χ0) is 18.9. The first-order chi connectivity index (χ1) is 12.3. The van der Waals surface area contributed by atoms with Gasteiger partial charge in [-0.05, 0) is 47.5 Å². The maximum absolute atomic E-state index is 13.7. The first-order valence-corrected chi connectivity index (χ1v) is 7.20. The Morgan fingerprint density at radius 1 is 1.04 bits per heavy atom. The number of H-pyrrole nitrogens is 1. The Labute approximate surface area is 144 Å². The number of methoxy groups -OCH3 is 1. The second-order valence-electron chi connectivity index (χ2n) is 5.32. The zero-order valence-electron chi connectivity index (χ0n) is 13.2. The molecule has 0 unspecified atom stereocenters. The van der Waals surface area contributed by atoms with Gasteiger partial charge in [0.25, 0.3) is 0 Å². The predicted octanol–water partition coefficient (Wildman–Crippen LogP) is 4.18. The lowest BCUT2D eigenvalue weighted by atomic mass is 9.98. The number of nitrogens with one attached hydrogen (secondary N) is 1. The van der Waals surface area contributed by atoms with E-state index in [0.29, 0.717) is 17.4 Å². The molecule has 0 aliphatic heterocycles. The molecule has 1 heterocycles. The molecular weight excluding hydrogens is 352 g/mol. The van der Waals surface area contributed by atoms with E-state index in [0.717, 1.165) is 12.1 Å². The molecule has 0 bridgehead atoms. The van der Waals surface area contributed by atoms with Gasteiger partial charge in [-0.1, -0.05) is 5.21 Å². The van der Waals surface area contributed by atoms with E-state index in [1.54, 1.807) is 6.07 Å². The van der Waals surface area contributed by atoms with E-state index in [1.165, 1.54) is 19.2 Å². The van der Waals surface area contributed by atoms with Gasteiger partial charge in [0.1, 0.15) is 23.3 Å². The molecule has 132 valence electrons. The number of aromatic nitrogens is 3. The molecule has 0 aliphatic rings. The monoisotopic (exact) mass is 362 g/mol. The summed E-state index contributed by atoms with van der Waals surface area (Å²) in [4.78, 5) is 0. The minimum absolute atomic E-state index is 0.0134. The fourth-order valence-corrected chi connectivity index (χ4v) is 2.45. The highest BCUT2D eigenvalue weighted by atomic mass is 19.4. The molecule has 9 heteroatoms. The molecule has 2 aromatic carbocycles. The van der Waals surface area contributed by atoms with Crippen LogP contribution in [0.4, 0.5) is 17.6 Å². The molecule has 26 heavy (non-hydrogen) atoms. The lowest BCUT2D eigenvalue weighted by Gasteiger charge is -2.12. The van der Waals surface area contributed by atoms with Gasteiger partial charge in [-0.3, -0.25) is 0 Å². The summed E-state index contributed by atoms with van der Waals surface area (Å²) in [6, 6.07) is 8.63. The van der Waals surface area contributed by atoms with Crippen molar-refractivity contribution in [2.24, 2.45) is 0 Å². The SMILES string of the molecule is COc1cc(-c2cc(F)cc(C(F)(F)F)c2)cc(-c2nn[nH]c2C#N)c1. The number of nitrogens with zero attached hydrogens (tertiary/aromatic N) is 3. The van der Waals surface area contributed by atoms with E-state index < -0.39 is 17.6 Å². The minimum Gasteiger partial charge on any atom is -0.497 e. The first-order valence-electron chi connectivity index (χ1n) is 7.20. The number of nitriles is 1. The van der Waals surface area contributed by atoms with E-state index in [2.05, 4.69) is 15.4 Å². The Morgan fingerprint density at radius 3 is 2.38 bits per heavy atom. The summed E-state index contributed by atoms with van der Waals surface area (Å²) in [5.41, 5.74) is -0.131. The van der Waals surface area contributed by atoms with Crippen LogP contribution in [-0.4, -0.2) is 22.5 Å². The highest BCUT2D eigenvalue weighted by Crippen LogP contribution is 2.36. The lowest BCUT2D eigenvalue weighted by molar-refractivity contribution is -0.137. The largest absolute Gasteiger partial charge is 0.497 e. The third-order valence-electron chi connectivity index (χ3n) is 3.63. The summed E-state index contributed by atoms with van der Waals surface area (Å²) in [5.74, 6) is -0.708. The van der Waals surface area contributed by atoms with E-state index >= 15 is 0 Å². The molecule has 0 atom stereocenters. The number of benzene rings is 2. The van der Waals surface area contributed by atoms with Gasteiger partial charge in [0.2, 0.25) is 0 Å². The van der Waals surface area contributed by atoms with Crippen LogP contribution in [0.2, 0.25) is 0 Å². The van der Waals surface area contributed by atoms with Crippen molar-refractivity contribution < 1.29 is 22.3 Å². The van der Waals surface area contributed by atoms with Gasteiger partial charge < -0.3 is 4.74 Å². The van der Waals surface area contributed by atoms with Crippen LogP contribution < -0.4 is 4.74 Å². The van der Waals surface area contributed by atoms with Crippen LogP contribution in [0, 0.1) is 17.1 Å². The highest BCUT2D eigenvalue weighted by molar-refractivity contribution is 5.75. The number of hydrogen-bond acceptors (Lipinski definition) is 4. The molecule has 0 saturated carbocycles. The molecule has 3 aromatic rings. The highest BCUT2D eigenvalue weighted by Gasteiger charge is 2.31. The standard InChI is InChI=1S/C17H10F4N4O/c1-26-14-5-9(2-11(6-14)16-15(8-22)23-25-24-16)10-3-12(17(19,20)21)7-13(18)4-10/h2-7H,1H3,(H,23,24,25). The molecule has 0 fully saturated rings. The second-order valence-corrected chi connectivity index (χ2v) is 5.32. The van der Waals surface area contributed by atoms with Crippen molar-refractivity contribution in [2.45, 2.75) is 6.18 Å². The lowest BCUT2D eigenvalue weighted by Crippen LogP contribution is -2.05. The van der Waals surface area contributed by atoms with E-state index in [1.807, 2.05) is 6.07 Å². The van der Waals surface area contributed by atoms with Crippen molar-refractivity contribution in [3.8, 4) is 34.2 Å². The van der Waals surface area contributed by atoms with Crippen molar-refractivity contribution in [3.05, 3.63) is 53.5 Å². The maximum atomic E-state index is 13.7. The van der Waals surface area contributed by atoms with Gasteiger partial charge in [0.15, 0.2) is 5.69 Å². The van der Waals surface area contributed by atoms with Crippen LogP contribution in [0.3, 0.4) is 0 Å². The fraction of sp³-hybridized carbons (Fsp3) is 0.118. The Morgan fingerprint density at radius 2 is 1.73 bits per heavy atom. The Hall–Kier alpha value is -3.41. The number of halogens is 4. The summed E-state index contributed by atoms with van der Waals surface area (Å²) in [6.45, 7) is 0. The average Bonchev–Trinajstić information content (AvgIpc) is 3.08.